The summed E-state index contributed by atoms with van der Waals surface area (Å²) in [5.74, 6) is 0.815. The van der Waals surface area contributed by atoms with Crippen molar-refractivity contribution in [2.75, 3.05) is 13.1 Å². The minimum atomic E-state index is 0.0632. The summed E-state index contributed by atoms with van der Waals surface area (Å²) in [6, 6.07) is 8.89. The van der Waals surface area contributed by atoms with E-state index in [1.54, 1.807) is 0 Å². The molecule has 2 fully saturated rings. The first-order chi connectivity index (χ1) is 12.7. The first-order valence-electron chi connectivity index (χ1n) is 10.2. The van der Waals surface area contributed by atoms with Crippen LogP contribution in [0.25, 0.3) is 10.2 Å². The van der Waals surface area contributed by atoms with Gasteiger partial charge < -0.3 is 10.2 Å². The largest absolute Gasteiger partial charge is 0.348 e. The lowest BCUT2D eigenvalue weighted by molar-refractivity contribution is -0.919. The number of likely N-dealkylation sites (tertiary alicyclic amines) is 1. The molecule has 1 aromatic heterocycles. The zero-order chi connectivity index (χ0) is 17.9. The van der Waals surface area contributed by atoms with Gasteiger partial charge >= 0.3 is 0 Å². The van der Waals surface area contributed by atoms with E-state index in [4.69, 9.17) is 4.98 Å². The maximum absolute atomic E-state index is 12.6. The average molecular weight is 373 g/mol. The molecule has 1 saturated heterocycles. The molecule has 2 N–H and O–H groups in total. The van der Waals surface area contributed by atoms with Crippen LogP contribution in [0.5, 0.6) is 0 Å². The van der Waals surface area contributed by atoms with E-state index >= 15 is 0 Å². The fourth-order valence-electron chi connectivity index (χ4n) is 4.49. The highest BCUT2D eigenvalue weighted by molar-refractivity contribution is 7.18. The first-order valence-corrected chi connectivity index (χ1v) is 11.0. The third kappa shape index (κ3) is 3.94. The van der Waals surface area contributed by atoms with Gasteiger partial charge in [0.15, 0.2) is 6.04 Å². The summed E-state index contributed by atoms with van der Waals surface area (Å²) in [6.45, 7) is 4.24. The molecule has 0 spiro atoms. The number of rotatable bonds is 4. The molecule has 1 atom stereocenters. The molecule has 1 aliphatic heterocycles. The van der Waals surface area contributed by atoms with Gasteiger partial charge in [0.2, 0.25) is 0 Å². The van der Waals surface area contributed by atoms with Crippen LogP contribution in [0.3, 0.4) is 0 Å². The molecule has 1 saturated carbocycles. The van der Waals surface area contributed by atoms with Crippen molar-refractivity contribution in [3.63, 3.8) is 0 Å². The summed E-state index contributed by atoms with van der Waals surface area (Å²) < 4.78 is 1.29. The van der Waals surface area contributed by atoms with Crippen LogP contribution in [0.15, 0.2) is 24.3 Å². The van der Waals surface area contributed by atoms with Crippen LogP contribution in [0.1, 0.15) is 62.8 Å². The fourth-order valence-corrected chi connectivity index (χ4v) is 5.63. The summed E-state index contributed by atoms with van der Waals surface area (Å²) >= 11 is 1.84. The van der Waals surface area contributed by atoms with E-state index < -0.39 is 0 Å². The zero-order valence-electron chi connectivity index (χ0n) is 15.7. The number of piperidine rings is 1. The maximum Gasteiger partial charge on any atom is 0.278 e. The number of nitrogens with one attached hydrogen (secondary N) is 2. The molecular weight excluding hydrogens is 342 g/mol. The number of fused-ring (bicyclic) bond motifs is 1. The Morgan fingerprint density at radius 3 is 2.62 bits per heavy atom. The Labute approximate surface area is 160 Å². The molecule has 0 unspecified atom stereocenters. The van der Waals surface area contributed by atoms with Gasteiger partial charge in [-0.25, -0.2) is 4.98 Å². The highest BCUT2D eigenvalue weighted by Gasteiger charge is 2.32. The average Bonchev–Trinajstić information content (AvgIpc) is 3.12. The fraction of sp³-hybridized carbons (Fsp3) is 0.619. The lowest BCUT2D eigenvalue weighted by Gasteiger charge is -2.33. The van der Waals surface area contributed by atoms with Gasteiger partial charge in [-0.1, -0.05) is 31.4 Å². The molecule has 4 nitrogen and oxygen atoms in total. The molecule has 1 amide bonds. The van der Waals surface area contributed by atoms with Crippen molar-refractivity contribution in [3.05, 3.63) is 29.3 Å². The predicted octanol–water partition coefficient (Wildman–Crippen LogP) is 2.90. The zero-order valence-corrected chi connectivity index (χ0v) is 16.5. The molecule has 0 radical (unpaired) electrons. The number of carbonyl (C=O) groups excluding carboxylic acids is 1. The van der Waals surface area contributed by atoms with E-state index in [2.05, 4.69) is 36.5 Å². The first kappa shape index (κ1) is 17.9. The summed E-state index contributed by atoms with van der Waals surface area (Å²) in [5.41, 5.74) is 1.13. The third-order valence-corrected chi connectivity index (χ3v) is 7.44. The number of thiazole rings is 1. The van der Waals surface area contributed by atoms with Crippen molar-refractivity contribution >= 4 is 27.5 Å². The number of hydrogen-bond acceptors (Lipinski definition) is 3. The van der Waals surface area contributed by atoms with Crippen LogP contribution < -0.4 is 10.2 Å². The van der Waals surface area contributed by atoms with Crippen LogP contribution in [0, 0.1) is 0 Å². The lowest BCUT2D eigenvalue weighted by atomic mass is 9.94. The molecule has 2 aromatic rings. The van der Waals surface area contributed by atoms with Crippen molar-refractivity contribution in [1.82, 2.24) is 10.3 Å². The van der Waals surface area contributed by atoms with Gasteiger partial charge in [-0.3, -0.25) is 4.79 Å². The second-order valence-corrected chi connectivity index (χ2v) is 9.08. The monoisotopic (exact) mass is 372 g/mol. The summed E-state index contributed by atoms with van der Waals surface area (Å²) in [5, 5.41) is 4.59. The normalized spacial score (nSPS) is 25.9. The van der Waals surface area contributed by atoms with Gasteiger partial charge in [0, 0.05) is 24.8 Å². The predicted molar refractivity (Wildman–Crippen MR) is 107 cm³/mol. The molecule has 26 heavy (non-hydrogen) atoms. The minimum absolute atomic E-state index is 0.0632. The molecule has 4 rings (SSSR count). The van der Waals surface area contributed by atoms with Gasteiger partial charge in [-0.05, 0) is 31.9 Å². The highest BCUT2D eigenvalue weighted by Crippen LogP contribution is 2.31. The second-order valence-electron chi connectivity index (χ2n) is 8.02. The highest BCUT2D eigenvalue weighted by atomic mass is 32.1. The van der Waals surface area contributed by atoms with Crippen LogP contribution in [-0.2, 0) is 4.79 Å². The van der Waals surface area contributed by atoms with Crippen LogP contribution >= 0.6 is 11.3 Å². The van der Waals surface area contributed by atoms with E-state index in [0.29, 0.717) is 12.0 Å². The smallest absolute Gasteiger partial charge is 0.278 e. The number of benzene rings is 1. The quantitative estimate of drug-likeness (QED) is 0.867. The van der Waals surface area contributed by atoms with E-state index in [1.807, 2.05) is 11.3 Å². The van der Waals surface area contributed by atoms with Crippen molar-refractivity contribution in [3.8, 4) is 0 Å². The Kier molecular flexibility index (Phi) is 5.55. The minimum Gasteiger partial charge on any atom is -0.348 e. The number of nitrogens with zero attached hydrogens (tertiary/aromatic N) is 1. The summed E-state index contributed by atoms with van der Waals surface area (Å²) in [6.07, 6.45) is 8.44. The number of amides is 1. The van der Waals surface area contributed by atoms with E-state index in [9.17, 15) is 4.79 Å². The van der Waals surface area contributed by atoms with E-state index in [0.717, 1.165) is 44.3 Å². The Hall–Kier alpha value is -1.46. The van der Waals surface area contributed by atoms with Gasteiger partial charge in [0.1, 0.15) is 0 Å². The maximum atomic E-state index is 12.6. The SMILES string of the molecule is C[C@H](C(=O)NC1CCCCC1)[NH+]1CCC(c2nc3ccccc3s2)CC1. The van der Waals surface area contributed by atoms with E-state index in [-0.39, 0.29) is 11.9 Å². The second kappa shape index (κ2) is 8.05. The molecular formula is C21H30N3OS+. The van der Waals surface area contributed by atoms with E-state index in [1.165, 1.54) is 33.9 Å². The molecule has 0 bridgehead atoms. The Balaban J connectivity index is 1.31. The van der Waals surface area contributed by atoms with Gasteiger partial charge in [-0.2, -0.15) is 0 Å². The molecule has 2 heterocycles. The van der Waals surface area contributed by atoms with Crippen molar-refractivity contribution in [1.29, 1.82) is 0 Å². The van der Waals surface area contributed by atoms with Crippen LogP contribution in [0.4, 0.5) is 0 Å². The number of hydrogen-bond donors (Lipinski definition) is 2. The number of para-hydroxylation sites is 1. The number of quaternary nitrogens is 1. The van der Waals surface area contributed by atoms with Gasteiger partial charge in [-0.15, -0.1) is 11.3 Å². The van der Waals surface area contributed by atoms with Gasteiger partial charge in [0.05, 0.1) is 28.3 Å². The van der Waals surface area contributed by atoms with Crippen LogP contribution in [0.2, 0.25) is 0 Å². The van der Waals surface area contributed by atoms with Crippen molar-refractivity contribution in [2.24, 2.45) is 0 Å². The topological polar surface area (TPSA) is 46.4 Å². The molecule has 140 valence electrons. The molecule has 1 aromatic carbocycles. The Morgan fingerprint density at radius 2 is 1.88 bits per heavy atom. The standard InChI is InChI=1S/C21H29N3OS/c1-15(20(25)22-17-7-3-2-4-8-17)24-13-11-16(12-14-24)21-23-18-9-5-6-10-19(18)26-21/h5-6,9-10,15-17H,2-4,7-8,11-14H2,1H3,(H,22,25)/p+1/t15-/m1/s1. The van der Waals surface area contributed by atoms with Gasteiger partial charge in [0.25, 0.3) is 5.91 Å². The Bertz CT molecular complexity index is 712. The number of carbonyl (C=O) groups is 1. The van der Waals surface area contributed by atoms with Crippen molar-refractivity contribution < 1.29 is 9.69 Å². The molecule has 5 heteroatoms. The molecule has 2 aliphatic rings. The summed E-state index contributed by atoms with van der Waals surface area (Å²) in [4.78, 5) is 18.9. The third-order valence-electron chi connectivity index (χ3n) is 6.24. The Morgan fingerprint density at radius 1 is 1.15 bits per heavy atom. The van der Waals surface area contributed by atoms with Crippen LogP contribution in [-0.4, -0.2) is 36.1 Å². The number of aromatic nitrogens is 1. The van der Waals surface area contributed by atoms with Crippen molar-refractivity contribution in [2.45, 2.75) is 69.9 Å². The summed E-state index contributed by atoms with van der Waals surface area (Å²) in [7, 11) is 0. The lowest BCUT2D eigenvalue weighted by Crippen LogP contribution is -3.17. The molecule has 1 aliphatic carbocycles.